The van der Waals surface area contributed by atoms with Gasteiger partial charge in [-0.2, -0.15) is 0 Å². The summed E-state index contributed by atoms with van der Waals surface area (Å²) in [5.74, 6) is -0.485. The Hall–Kier alpha value is -2.10. The highest BCUT2D eigenvalue weighted by Crippen LogP contribution is 2.27. The summed E-state index contributed by atoms with van der Waals surface area (Å²) in [5.41, 5.74) is 1.68. The lowest BCUT2D eigenvalue weighted by molar-refractivity contribution is -0.141. The zero-order chi connectivity index (χ0) is 27.3. The lowest BCUT2D eigenvalue weighted by atomic mass is 10.1. The molecule has 7 nitrogen and oxygen atoms in total. The van der Waals surface area contributed by atoms with E-state index in [9.17, 15) is 18.0 Å². The molecule has 2 rings (SSSR count). The van der Waals surface area contributed by atoms with Crippen LogP contribution in [-0.4, -0.2) is 49.5 Å². The number of sulfonamides is 1. The summed E-state index contributed by atoms with van der Waals surface area (Å²) in [4.78, 5) is 27.8. The zero-order valence-corrected chi connectivity index (χ0v) is 24.8. The summed E-state index contributed by atoms with van der Waals surface area (Å²) in [5, 5.41) is 3.37. The zero-order valence-electron chi connectivity index (χ0n) is 21.6. The lowest BCUT2D eigenvalue weighted by Crippen LogP contribution is -2.52. The van der Waals surface area contributed by atoms with Crippen LogP contribution in [0.4, 0.5) is 5.69 Å². The van der Waals surface area contributed by atoms with Crippen LogP contribution in [-0.2, 0) is 26.2 Å². The molecule has 0 saturated carbocycles. The first kappa shape index (κ1) is 30.1. The fourth-order valence-corrected chi connectivity index (χ4v) is 5.35. The predicted molar refractivity (Wildman–Crippen MR) is 150 cm³/mol. The number of halogens is 2. The van der Waals surface area contributed by atoms with Crippen LogP contribution in [0.2, 0.25) is 5.02 Å². The van der Waals surface area contributed by atoms with Crippen molar-refractivity contribution in [2.75, 3.05) is 17.1 Å². The number of nitrogens with one attached hydrogen (secondary N) is 1. The fourth-order valence-electron chi connectivity index (χ4n) is 3.72. The van der Waals surface area contributed by atoms with Gasteiger partial charge in [-0.1, -0.05) is 45.7 Å². The van der Waals surface area contributed by atoms with E-state index in [1.807, 2.05) is 52.0 Å². The highest BCUT2D eigenvalue weighted by molar-refractivity contribution is 9.10. The minimum absolute atomic E-state index is 0.0762. The molecule has 0 radical (unpaired) electrons. The molecule has 1 atom stereocenters. The highest BCUT2D eigenvalue weighted by Gasteiger charge is 2.29. The molecule has 1 unspecified atom stereocenters. The number of hydrogen-bond acceptors (Lipinski definition) is 4. The summed E-state index contributed by atoms with van der Waals surface area (Å²) in [7, 11) is -3.60. The Balaban J connectivity index is 2.23. The first-order chi connectivity index (χ1) is 16.6. The van der Waals surface area contributed by atoms with Gasteiger partial charge in [0.1, 0.15) is 6.04 Å². The molecule has 36 heavy (non-hydrogen) atoms. The van der Waals surface area contributed by atoms with Gasteiger partial charge in [0.05, 0.1) is 11.9 Å². The molecule has 198 valence electrons. The van der Waals surface area contributed by atoms with Crippen LogP contribution in [0.15, 0.2) is 46.9 Å². The minimum Gasteiger partial charge on any atom is -0.350 e. The third-order valence-electron chi connectivity index (χ3n) is 5.50. The van der Waals surface area contributed by atoms with Crippen molar-refractivity contribution in [2.45, 2.75) is 65.6 Å². The molecule has 0 spiro atoms. The van der Waals surface area contributed by atoms with Crippen molar-refractivity contribution >= 4 is 55.1 Å². The van der Waals surface area contributed by atoms with Gasteiger partial charge in [0.15, 0.2) is 0 Å². The van der Waals surface area contributed by atoms with E-state index in [1.165, 1.54) is 9.21 Å². The van der Waals surface area contributed by atoms with Crippen LogP contribution in [0.1, 0.15) is 51.7 Å². The van der Waals surface area contributed by atoms with E-state index in [0.717, 1.165) is 21.9 Å². The second-order valence-electron chi connectivity index (χ2n) is 9.94. The van der Waals surface area contributed by atoms with E-state index in [0.29, 0.717) is 10.7 Å². The quantitative estimate of drug-likeness (QED) is 0.402. The van der Waals surface area contributed by atoms with Gasteiger partial charge in [-0.15, -0.1) is 0 Å². The molecule has 2 aromatic carbocycles. The molecule has 0 saturated heterocycles. The van der Waals surface area contributed by atoms with Crippen molar-refractivity contribution in [3.05, 3.63) is 63.1 Å². The van der Waals surface area contributed by atoms with Crippen LogP contribution in [0, 0.1) is 6.92 Å². The molecule has 0 bridgehead atoms. The van der Waals surface area contributed by atoms with Gasteiger partial charge in [0.2, 0.25) is 21.8 Å². The lowest BCUT2D eigenvalue weighted by Gasteiger charge is -2.32. The number of aryl methyl sites for hydroxylation is 1. The Kier molecular flexibility index (Phi) is 10.4. The highest BCUT2D eigenvalue weighted by atomic mass is 79.9. The SMILES string of the molecule is Cc1ccc(Cl)cc1N(CCCC(=O)N(Cc1cccc(Br)c1)C(C)C(=O)NC(C)(C)C)S(C)(=O)=O. The van der Waals surface area contributed by atoms with Gasteiger partial charge >= 0.3 is 0 Å². The van der Waals surface area contributed by atoms with Crippen molar-refractivity contribution < 1.29 is 18.0 Å². The fraction of sp³-hybridized carbons (Fsp3) is 0.462. The van der Waals surface area contributed by atoms with Gasteiger partial charge in [-0.05, 0) is 76.4 Å². The van der Waals surface area contributed by atoms with Crippen LogP contribution in [0.25, 0.3) is 0 Å². The Bertz CT molecular complexity index is 1200. The number of rotatable bonds is 10. The number of benzene rings is 2. The predicted octanol–water partition coefficient (Wildman–Crippen LogP) is 5.29. The van der Waals surface area contributed by atoms with E-state index in [1.54, 1.807) is 25.1 Å². The maximum absolute atomic E-state index is 13.4. The third kappa shape index (κ3) is 9.09. The average molecular weight is 601 g/mol. The number of amides is 2. The molecule has 0 aliphatic rings. The van der Waals surface area contributed by atoms with Gasteiger partial charge in [-0.3, -0.25) is 13.9 Å². The Morgan fingerprint density at radius 3 is 2.39 bits per heavy atom. The average Bonchev–Trinajstić information content (AvgIpc) is 2.74. The van der Waals surface area contributed by atoms with E-state index >= 15 is 0 Å². The molecule has 1 N–H and O–H groups in total. The molecule has 0 aliphatic heterocycles. The second-order valence-corrected chi connectivity index (χ2v) is 13.2. The standard InChI is InChI=1S/C26H35BrClN3O4S/c1-18-12-13-22(28)16-23(18)31(36(6,34)35)14-8-11-24(32)30(17-20-9-7-10-21(27)15-20)19(2)25(33)29-26(3,4)5/h7,9-10,12-13,15-16,19H,8,11,14,17H2,1-6H3,(H,29,33). The monoisotopic (exact) mass is 599 g/mol. The van der Waals surface area contributed by atoms with Crippen molar-refractivity contribution in [3.8, 4) is 0 Å². The normalized spacial score (nSPS) is 12.7. The van der Waals surface area contributed by atoms with Crippen LogP contribution in [0.5, 0.6) is 0 Å². The summed E-state index contributed by atoms with van der Waals surface area (Å²) < 4.78 is 27.2. The minimum atomic E-state index is -3.60. The number of anilines is 1. The van der Waals surface area contributed by atoms with Crippen molar-refractivity contribution in [2.24, 2.45) is 0 Å². The maximum Gasteiger partial charge on any atom is 0.242 e. The summed E-state index contributed by atoms with van der Waals surface area (Å²) >= 11 is 9.56. The third-order valence-corrected chi connectivity index (χ3v) is 7.41. The number of carbonyl (C=O) groups excluding carboxylic acids is 2. The summed E-state index contributed by atoms with van der Waals surface area (Å²) in [6.07, 6.45) is 1.49. The molecular weight excluding hydrogens is 566 g/mol. The van der Waals surface area contributed by atoms with E-state index in [-0.39, 0.29) is 37.7 Å². The van der Waals surface area contributed by atoms with E-state index in [2.05, 4.69) is 21.2 Å². The molecule has 0 aliphatic carbocycles. The topological polar surface area (TPSA) is 86.8 Å². The van der Waals surface area contributed by atoms with E-state index < -0.39 is 21.6 Å². The first-order valence-electron chi connectivity index (χ1n) is 11.7. The summed E-state index contributed by atoms with van der Waals surface area (Å²) in [6.45, 7) is 9.53. The maximum atomic E-state index is 13.4. The smallest absolute Gasteiger partial charge is 0.242 e. The van der Waals surface area contributed by atoms with Crippen LogP contribution in [0.3, 0.4) is 0 Å². The molecular formula is C26H35BrClN3O4S. The van der Waals surface area contributed by atoms with Crippen LogP contribution < -0.4 is 9.62 Å². The Morgan fingerprint density at radius 2 is 1.81 bits per heavy atom. The second kappa shape index (κ2) is 12.4. The number of hydrogen-bond donors (Lipinski definition) is 1. The Morgan fingerprint density at radius 1 is 1.14 bits per heavy atom. The molecule has 10 heteroatoms. The van der Waals surface area contributed by atoms with Crippen molar-refractivity contribution in [3.63, 3.8) is 0 Å². The molecule has 2 amide bonds. The molecule has 0 heterocycles. The van der Waals surface area contributed by atoms with Crippen molar-refractivity contribution in [1.82, 2.24) is 10.2 Å². The van der Waals surface area contributed by atoms with Gasteiger partial charge in [0, 0.05) is 34.5 Å². The molecule has 0 fully saturated rings. The summed E-state index contributed by atoms with van der Waals surface area (Å²) in [6, 6.07) is 11.9. The van der Waals surface area contributed by atoms with Crippen LogP contribution >= 0.6 is 27.5 Å². The van der Waals surface area contributed by atoms with Gasteiger partial charge in [-0.25, -0.2) is 8.42 Å². The molecule has 0 aromatic heterocycles. The molecule has 2 aromatic rings. The number of carbonyl (C=O) groups is 2. The Labute approximate surface area is 228 Å². The number of nitrogens with zero attached hydrogens (tertiary/aromatic N) is 2. The largest absolute Gasteiger partial charge is 0.350 e. The van der Waals surface area contributed by atoms with Gasteiger partial charge in [0.25, 0.3) is 0 Å². The van der Waals surface area contributed by atoms with Gasteiger partial charge < -0.3 is 10.2 Å². The van der Waals surface area contributed by atoms with Crippen molar-refractivity contribution in [1.29, 1.82) is 0 Å². The first-order valence-corrected chi connectivity index (χ1v) is 14.7. The van der Waals surface area contributed by atoms with E-state index in [4.69, 9.17) is 11.6 Å².